The molecule has 0 radical (unpaired) electrons. The number of aliphatic hydroxyl groups is 2. The lowest BCUT2D eigenvalue weighted by Crippen LogP contribution is -2.37. The Kier molecular flexibility index (Phi) is 6.89. The van der Waals surface area contributed by atoms with Gasteiger partial charge in [-0.15, -0.1) is 0 Å². The van der Waals surface area contributed by atoms with E-state index >= 15 is 0 Å². The molecular formula is C16H27NO2. The van der Waals surface area contributed by atoms with E-state index in [-0.39, 0.29) is 6.61 Å². The van der Waals surface area contributed by atoms with Crippen LogP contribution < -0.4 is 4.90 Å². The summed E-state index contributed by atoms with van der Waals surface area (Å²) >= 11 is 0. The molecule has 2 N–H and O–H groups in total. The molecule has 108 valence electrons. The van der Waals surface area contributed by atoms with Gasteiger partial charge in [-0.25, -0.2) is 0 Å². The van der Waals surface area contributed by atoms with Crippen LogP contribution in [0.2, 0.25) is 0 Å². The molecule has 0 amide bonds. The first-order valence-corrected chi connectivity index (χ1v) is 7.33. The molecule has 1 aromatic carbocycles. The zero-order valence-electron chi connectivity index (χ0n) is 12.3. The van der Waals surface area contributed by atoms with E-state index in [1.165, 1.54) is 0 Å². The fourth-order valence-electron chi connectivity index (χ4n) is 2.59. The van der Waals surface area contributed by atoms with Gasteiger partial charge in [-0.3, -0.25) is 0 Å². The minimum absolute atomic E-state index is 0.132. The Morgan fingerprint density at radius 2 is 1.68 bits per heavy atom. The number of hydrogen-bond acceptors (Lipinski definition) is 3. The molecule has 0 aliphatic heterocycles. The van der Waals surface area contributed by atoms with E-state index < -0.39 is 6.10 Å². The summed E-state index contributed by atoms with van der Waals surface area (Å²) in [5.74, 6) is 0. The highest BCUT2D eigenvalue weighted by Crippen LogP contribution is 2.30. The van der Waals surface area contributed by atoms with Crippen molar-refractivity contribution in [3.05, 3.63) is 29.8 Å². The van der Waals surface area contributed by atoms with E-state index in [1.807, 2.05) is 31.2 Å². The standard InChI is InChI=1S/C16H27NO2/c1-4-13(5-2)17(11-12-18)15-10-8-7-9-14(15)16(19)6-3/h7-10,13,16,18-19H,4-6,11-12H2,1-3H3. The van der Waals surface area contributed by atoms with Crippen LogP contribution in [0.25, 0.3) is 0 Å². The van der Waals surface area contributed by atoms with Crippen molar-refractivity contribution in [1.29, 1.82) is 0 Å². The molecule has 0 saturated heterocycles. The summed E-state index contributed by atoms with van der Waals surface area (Å²) in [6, 6.07) is 8.38. The summed E-state index contributed by atoms with van der Waals surface area (Å²) in [5, 5.41) is 19.5. The highest BCUT2D eigenvalue weighted by molar-refractivity contribution is 5.55. The van der Waals surface area contributed by atoms with Crippen LogP contribution in [-0.4, -0.2) is 29.4 Å². The molecule has 1 unspecified atom stereocenters. The lowest BCUT2D eigenvalue weighted by molar-refractivity contribution is 0.173. The molecule has 0 spiro atoms. The van der Waals surface area contributed by atoms with E-state index in [0.29, 0.717) is 19.0 Å². The van der Waals surface area contributed by atoms with Crippen LogP contribution in [0.3, 0.4) is 0 Å². The van der Waals surface area contributed by atoms with Crippen molar-refractivity contribution < 1.29 is 10.2 Å². The van der Waals surface area contributed by atoms with Crippen molar-refractivity contribution in [2.45, 2.75) is 52.2 Å². The number of hydrogen-bond donors (Lipinski definition) is 2. The zero-order valence-corrected chi connectivity index (χ0v) is 12.3. The second kappa shape index (κ2) is 8.18. The smallest absolute Gasteiger partial charge is 0.0807 e. The summed E-state index contributed by atoms with van der Waals surface area (Å²) in [7, 11) is 0. The quantitative estimate of drug-likeness (QED) is 0.759. The summed E-state index contributed by atoms with van der Waals surface area (Å²) < 4.78 is 0. The van der Waals surface area contributed by atoms with Gasteiger partial charge in [0.1, 0.15) is 0 Å². The molecule has 0 aliphatic rings. The van der Waals surface area contributed by atoms with Gasteiger partial charge in [-0.2, -0.15) is 0 Å². The first-order chi connectivity index (χ1) is 9.19. The van der Waals surface area contributed by atoms with Crippen molar-refractivity contribution in [3.8, 4) is 0 Å². The Hall–Kier alpha value is -1.06. The molecule has 1 atom stereocenters. The maximum atomic E-state index is 10.2. The van der Waals surface area contributed by atoms with Crippen LogP contribution in [-0.2, 0) is 0 Å². The second-order valence-corrected chi connectivity index (χ2v) is 4.87. The third-order valence-corrected chi connectivity index (χ3v) is 3.72. The van der Waals surface area contributed by atoms with Gasteiger partial charge in [0.2, 0.25) is 0 Å². The molecule has 1 aromatic rings. The summed E-state index contributed by atoms with van der Waals surface area (Å²) in [6.07, 6.45) is 2.33. The Labute approximate surface area is 116 Å². The number of para-hydroxylation sites is 1. The SMILES string of the molecule is CCC(O)c1ccccc1N(CCO)C(CC)CC. The van der Waals surface area contributed by atoms with Gasteiger partial charge in [0.05, 0.1) is 12.7 Å². The van der Waals surface area contributed by atoms with Gasteiger partial charge in [-0.1, -0.05) is 39.0 Å². The van der Waals surface area contributed by atoms with Crippen LogP contribution in [0, 0.1) is 0 Å². The first kappa shape index (κ1) is 16.0. The molecular weight excluding hydrogens is 238 g/mol. The van der Waals surface area contributed by atoms with E-state index in [9.17, 15) is 10.2 Å². The van der Waals surface area contributed by atoms with Gasteiger partial charge in [0, 0.05) is 23.8 Å². The predicted molar refractivity (Wildman–Crippen MR) is 80.5 cm³/mol. The van der Waals surface area contributed by atoms with Crippen molar-refractivity contribution >= 4 is 5.69 Å². The van der Waals surface area contributed by atoms with Gasteiger partial charge < -0.3 is 15.1 Å². The van der Waals surface area contributed by atoms with Crippen molar-refractivity contribution in [3.63, 3.8) is 0 Å². The number of nitrogens with zero attached hydrogens (tertiary/aromatic N) is 1. The largest absolute Gasteiger partial charge is 0.395 e. The fraction of sp³-hybridized carbons (Fsp3) is 0.625. The van der Waals surface area contributed by atoms with Crippen LogP contribution in [0.5, 0.6) is 0 Å². The fourth-order valence-corrected chi connectivity index (χ4v) is 2.59. The Balaban J connectivity index is 3.14. The summed E-state index contributed by atoms with van der Waals surface area (Å²) in [4.78, 5) is 2.23. The second-order valence-electron chi connectivity index (χ2n) is 4.87. The monoisotopic (exact) mass is 265 g/mol. The lowest BCUT2D eigenvalue weighted by Gasteiger charge is -2.34. The Morgan fingerprint density at radius 3 is 2.21 bits per heavy atom. The molecule has 3 nitrogen and oxygen atoms in total. The van der Waals surface area contributed by atoms with Gasteiger partial charge in [-0.05, 0) is 25.3 Å². The van der Waals surface area contributed by atoms with E-state index in [4.69, 9.17) is 0 Å². The van der Waals surface area contributed by atoms with E-state index in [2.05, 4.69) is 18.7 Å². The summed E-state index contributed by atoms with van der Waals surface area (Å²) in [5.41, 5.74) is 2.02. The molecule has 1 rings (SSSR count). The number of benzene rings is 1. The van der Waals surface area contributed by atoms with Gasteiger partial charge in [0.25, 0.3) is 0 Å². The maximum absolute atomic E-state index is 10.2. The molecule has 0 fully saturated rings. The van der Waals surface area contributed by atoms with E-state index in [1.54, 1.807) is 0 Å². The van der Waals surface area contributed by atoms with Crippen LogP contribution in [0.4, 0.5) is 5.69 Å². The molecule has 0 bridgehead atoms. The molecule has 0 aliphatic carbocycles. The first-order valence-electron chi connectivity index (χ1n) is 7.33. The lowest BCUT2D eigenvalue weighted by atomic mass is 10.0. The third-order valence-electron chi connectivity index (χ3n) is 3.72. The number of aliphatic hydroxyl groups excluding tert-OH is 2. The minimum Gasteiger partial charge on any atom is -0.395 e. The van der Waals surface area contributed by atoms with Crippen molar-refractivity contribution in [1.82, 2.24) is 0 Å². The van der Waals surface area contributed by atoms with E-state index in [0.717, 1.165) is 24.1 Å². The molecule has 0 aromatic heterocycles. The third kappa shape index (κ3) is 3.95. The number of rotatable bonds is 8. The van der Waals surface area contributed by atoms with Crippen LogP contribution in [0.15, 0.2) is 24.3 Å². The average molecular weight is 265 g/mol. The topological polar surface area (TPSA) is 43.7 Å². The maximum Gasteiger partial charge on any atom is 0.0807 e. The summed E-state index contributed by atoms with van der Waals surface area (Å²) in [6.45, 7) is 7.05. The predicted octanol–water partition coefficient (Wildman–Crippen LogP) is 3.12. The normalized spacial score (nSPS) is 12.7. The van der Waals surface area contributed by atoms with Crippen molar-refractivity contribution in [2.24, 2.45) is 0 Å². The average Bonchev–Trinajstić information content (AvgIpc) is 2.46. The molecule has 0 saturated carbocycles. The Morgan fingerprint density at radius 1 is 1.05 bits per heavy atom. The van der Waals surface area contributed by atoms with Crippen LogP contribution in [0.1, 0.15) is 51.7 Å². The van der Waals surface area contributed by atoms with Crippen molar-refractivity contribution in [2.75, 3.05) is 18.1 Å². The van der Waals surface area contributed by atoms with Gasteiger partial charge in [0.15, 0.2) is 0 Å². The number of anilines is 1. The highest BCUT2D eigenvalue weighted by atomic mass is 16.3. The Bertz CT molecular complexity index is 364. The molecule has 0 heterocycles. The van der Waals surface area contributed by atoms with Crippen LogP contribution >= 0.6 is 0 Å². The highest BCUT2D eigenvalue weighted by Gasteiger charge is 2.20. The van der Waals surface area contributed by atoms with Gasteiger partial charge >= 0.3 is 0 Å². The molecule has 19 heavy (non-hydrogen) atoms. The zero-order chi connectivity index (χ0) is 14.3. The molecule has 3 heteroatoms. The minimum atomic E-state index is -0.438.